The average Bonchev–Trinajstić information content (AvgIpc) is 2.58. The monoisotopic (exact) mass is 243 g/mol. The van der Waals surface area contributed by atoms with Gasteiger partial charge in [0.2, 0.25) is 0 Å². The Balaban J connectivity index is 2.10. The number of nitrogens with two attached hydrogens (primary N) is 1. The maximum atomic E-state index is 10.6. The zero-order valence-electron chi connectivity index (χ0n) is 8.74. The molecule has 6 heteroatoms. The average molecular weight is 244 g/mol. The number of carboxylic acid groups (broad SMARTS) is 1. The minimum Gasteiger partial charge on any atom is -0.480 e. The maximum Gasteiger partial charge on any atom is 0.320 e. The predicted octanol–water partition coefficient (Wildman–Crippen LogP) is 0.460. The fourth-order valence-corrected chi connectivity index (χ4v) is 2.15. The first-order valence-electron chi connectivity index (χ1n) is 5.25. The van der Waals surface area contributed by atoms with Crippen LogP contribution in [0.5, 0.6) is 0 Å². The number of aliphatic carboxylic acids is 1. The van der Waals surface area contributed by atoms with Crippen LogP contribution < -0.4 is 5.73 Å². The summed E-state index contributed by atoms with van der Waals surface area (Å²) in [5, 5.41) is 8.85. The van der Waals surface area contributed by atoms with Gasteiger partial charge in [0.25, 0.3) is 0 Å². The number of carboxylic acids is 1. The molecule has 0 saturated carbocycles. The molecule has 2 atom stereocenters. The second-order valence-corrected chi connectivity index (χ2v) is 4.71. The first kappa shape index (κ1) is 11.4. The minimum atomic E-state index is -1.01. The largest absolute Gasteiger partial charge is 0.480 e. The number of halogens is 1. The molecule has 1 aliphatic rings. The molecule has 88 valence electrons. The van der Waals surface area contributed by atoms with Crippen LogP contribution in [0.2, 0.25) is 0 Å². The van der Waals surface area contributed by atoms with Crippen molar-refractivity contribution in [2.75, 3.05) is 0 Å². The number of carbonyl (C=O) groups is 1. The van der Waals surface area contributed by atoms with Crippen LogP contribution in [0.3, 0.4) is 0 Å². The summed E-state index contributed by atoms with van der Waals surface area (Å²) in [6, 6.07) is -0.903. The Morgan fingerprint density at radius 3 is 3.19 bits per heavy atom. The third-order valence-corrected chi connectivity index (χ3v) is 3.14. The van der Waals surface area contributed by atoms with Crippen LogP contribution in [0.15, 0.2) is 0 Å². The third kappa shape index (κ3) is 2.36. The highest BCUT2D eigenvalue weighted by atomic mass is 35.5. The van der Waals surface area contributed by atoms with E-state index in [4.69, 9.17) is 22.4 Å². The van der Waals surface area contributed by atoms with Crippen LogP contribution in [-0.4, -0.2) is 32.5 Å². The third-order valence-electron chi connectivity index (χ3n) is 2.76. The lowest BCUT2D eigenvalue weighted by atomic mass is 10.0. The summed E-state index contributed by atoms with van der Waals surface area (Å²) < 4.78 is 0. The molecular weight excluding hydrogens is 230 g/mol. The summed E-state index contributed by atoms with van der Waals surface area (Å²) >= 11 is 6.04. The second-order valence-electron chi connectivity index (χ2n) is 4.10. The van der Waals surface area contributed by atoms with E-state index in [1.165, 1.54) is 0 Å². The summed E-state index contributed by atoms with van der Waals surface area (Å²) in [6.45, 7) is 0. The smallest absolute Gasteiger partial charge is 0.320 e. The first-order valence-corrected chi connectivity index (χ1v) is 5.69. The molecule has 1 aromatic heterocycles. The maximum absolute atomic E-state index is 10.6. The molecule has 0 amide bonds. The van der Waals surface area contributed by atoms with Gasteiger partial charge < -0.3 is 15.8 Å². The molecule has 2 rings (SSSR count). The van der Waals surface area contributed by atoms with E-state index in [1.807, 2.05) is 0 Å². The number of rotatable bonds is 3. The number of imidazole rings is 1. The number of H-pyrrole nitrogens is 1. The summed E-state index contributed by atoms with van der Waals surface area (Å²) in [5.74, 6) is -0.366. The molecule has 0 spiro atoms. The van der Waals surface area contributed by atoms with Crippen LogP contribution in [0.25, 0.3) is 0 Å². The molecule has 1 aromatic rings. The standard InChI is InChI=1S/C10H14ClN3O2/c11-5-1-2-7-8(3-5)14-9(13-7)4-6(12)10(15)16/h5-6H,1-4,12H2,(H,13,14)(H,15,16)/t5?,6-/m0/s1. The van der Waals surface area contributed by atoms with Gasteiger partial charge in [-0.2, -0.15) is 0 Å². The molecule has 0 aromatic carbocycles. The fourth-order valence-electron chi connectivity index (χ4n) is 1.89. The number of hydrogen-bond acceptors (Lipinski definition) is 3. The Hall–Kier alpha value is -1.07. The summed E-state index contributed by atoms with van der Waals surface area (Å²) in [7, 11) is 0. The Morgan fingerprint density at radius 2 is 2.50 bits per heavy atom. The molecule has 0 saturated heterocycles. The first-order chi connectivity index (χ1) is 7.56. The van der Waals surface area contributed by atoms with E-state index in [1.54, 1.807) is 0 Å². The van der Waals surface area contributed by atoms with E-state index in [0.717, 1.165) is 30.7 Å². The lowest BCUT2D eigenvalue weighted by molar-refractivity contribution is -0.138. The molecule has 0 fully saturated rings. The van der Waals surface area contributed by atoms with E-state index in [2.05, 4.69) is 9.97 Å². The van der Waals surface area contributed by atoms with E-state index in [9.17, 15) is 4.79 Å². The number of alkyl halides is 1. The highest BCUT2D eigenvalue weighted by molar-refractivity contribution is 6.20. The second kappa shape index (κ2) is 4.43. The van der Waals surface area contributed by atoms with Crippen LogP contribution >= 0.6 is 11.6 Å². The molecule has 4 N–H and O–H groups in total. The van der Waals surface area contributed by atoms with Crippen molar-refractivity contribution < 1.29 is 9.90 Å². The molecule has 16 heavy (non-hydrogen) atoms. The van der Waals surface area contributed by atoms with Gasteiger partial charge in [-0.25, -0.2) is 4.98 Å². The lowest BCUT2D eigenvalue weighted by Crippen LogP contribution is -2.32. The van der Waals surface area contributed by atoms with Gasteiger partial charge in [-0.1, -0.05) is 0 Å². The Bertz CT molecular complexity index is 405. The number of aromatic amines is 1. The molecular formula is C10H14ClN3O2. The highest BCUT2D eigenvalue weighted by Gasteiger charge is 2.22. The van der Waals surface area contributed by atoms with E-state index in [0.29, 0.717) is 5.82 Å². The van der Waals surface area contributed by atoms with Crippen molar-refractivity contribution in [3.63, 3.8) is 0 Å². The molecule has 0 aliphatic heterocycles. The quantitative estimate of drug-likeness (QED) is 0.673. The van der Waals surface area contributed by atoms with Crippen molar-refractivity contribution in [3.8, 4) is 0 Å². The van der Waals surface area contributed by atoms with Crippen LogP contribution in [0.1, 0.15) is 23.6 Å². The molecule has 0 bridgehead atoms. The van der Waals surface area contributed by atoms with E-state index >= 15 is 0 Å². The van der Waals surface area contributed by atoms with Gasteiger partial charge in [0.1, 0.15) is 11.9 Å². The predicted molar refractivity (Wildman–Crippen MR) is 59.6 cm³/mol. The van der Waals surface area contributed by atoms with Crippen LogP contribution in [-0.2, 0) is 24.1 Å². The van der Waals surface area contributed by atoms with E-state index < -0.39 is 12.0 Å². The molecule has 5 nitrogen and oxygen atoms in total. The summed E-state index contributed by atoms with van der Waals surface area (Å²) in [4.78, 5) is 18.1. The number of aryl methyl sites for hydroxylation is 1. The van der Waals surface area contributed by atoms with Crippen molar-refractivity contribution in [1.29, 1.82) is 0 Å². The zero-order chi connectivity index (χ0) is 11.7. The van der Waals surface area contributed by atoms with Crippen molar-refractivity contribution in [2.45, 2.75) is 37.1 Å². The topological polar surface area (TPSA) is 92.0 Å². The Labute approximate surface area is 98.0 Å². The number of hydrogen-bond donors (Lipinski definition) is 3. The van der Waals surface area contributed by atoms with Gasteiger partial charge in [-0.15, -0.1) is 11.6 Å². The van der Waals surface area contributed by atoms with Crippen molar-refractivity contribution in [1.82, 2.24) is 9.97 Å². The van der Waals surface area contributed by atoms with E-state index in [-0.39, 0.29) is 11.8 Å². The summed E-state index contributed by atoms with van der Waals surface area (Å²) in [5.41, 5.74) is 7.48. The van der Waals surface area contributed by atoms with Gasteiger partial charge in [0, 0.05) is 23.9 Å². The normalized spacial score (nSPS) is 21.5. The number of nitrogens with zero attached hydrogens (tertiary/aromatic N) is 1. The van der Waals surface area contributed by atoms with Crippen molar-refractivity contribution in [3.05, 3.63) is 17.2 Å². The minimum absolute atomic E-state index is 0.147. The highest BCUT2D eigenvalue weighted by Crippen LogP contribution is 2.22. The number of aromatic nitrogens is 2. The zero-order valence-corrected chi connectivity index (χ0v) is 9.50. The SMILES string of the molecule is N[C@@H](Cc1nc2c([nH]1)CC(Cl)CC2)C(=O)O. The van der Waals surface area contributed by atoms with Gasteiger partial charge >= 0.3 is 5.97 Å². The Kier molecular flexibility index (Phi) is 3.16. The summed E-state index contributed by atoms with van der Waals surface area (Å²) in [6.07, 6.45) is 2.77. The number of nitrogens with one attached hydrogen (secondary N) is 1. The van der Waals surface area contributed by atoms with Crippen LogP contribution in [0.4, 0.5) is 0 Å². The molecule has 0 radical (unpaired) electrons. The van der Waals surface area contributed by atoms with Gasteiger partial charge in [-0.05, 0) is 12.8 Å². The molecule has 1 aliphatic carbocycles. The van der Waals surface area contributed by atoms with Crippen molar-refractivity contribution >= 4 is 17.6 Å². The van der Waals surface area contributed by atoms with Gasteiger partial charge in [0.15, 0.2) is 0 Å². The van der Waals surface area contributed by atoms with Gasteiger partial charge in [-0.3, -0.25) is 4.79 Å². The molecule has 1 heterocycles. The Morgan fingerprint density at radius 1 is 1.75 bits per heavy atom. The van der Waals surface area contributed by atoms with Crippen LogP contribution in [0, 0.1) is 0 Å². The van der Waals surface area contributed by atoms with Gasteiger partial charge in [0.05, 0.1) is 5.69 Å². The fraction of sp³-hybridized carbons (Fsp3) is 0.600. The van der Waals surface area contributed by atoms with Crippen molar-refractivity contribution in [2.24, 2.45) is 5.73 Å². The number of fused-ring (bicyclic) bond motifs is 1. The molecule has 1 unspecified atom stereocenters. The lowest BCUT2D eigenvalue weighted by Gasteiger charge is -2.14.